The maximum Gasteiger partial charge on any atom is 0.256 e. The van der Waals surface area contributed by atoms with Gasteiger partial charge in [0.1, 0.15) is 5.58 Å². The van der Waals surface area contributed by atoms with Crippen molar-refractivity contribution >= 4 is 22.7 Å². The number of fused-ring (bicyclic) bond motifs is 2. The molecule has 6 nitrogen and oxygen atoms in total. The molecule has 1 N–H and O–H groups in total. The van der Waals surface area contributed by atoms with Crippen LogP contribution in [0.25, 0.3) is 11.0 Å². The number of benzene rings is 1. The molecular formula is C21H23N3O3S. The van der Waals surface area contributed by atoms with E-state index in [1.807, 2.05) is 24.5 Å². The summed E-state index contributed by atoms with van der Waals surface area (Å²) in [7, 11) is 0. The molecular weight excluding hydrogens is 374 g/mol. The molecule has 0 amide bonds. The molecule has 1 aliphatic rings. The molecule has 2 aromatic heterocycles. The minimum atomic E-state index is -0.0915. The van der Waals surface area contributed by atoms with Gasteiger partial charge in [-0.3, -0.25) is 14.5 Å². The van der Waals surface area contributed by atoms with Gasteiger partial charge in [-0.2, -0.15) is 0 Å². The summed E-state index contributed by atoms with van der Waals surface area (Å²) in [5, 5.41) is 1.26. The van der Waals surface area contributed by atoms with E-state index in [0.717, 1.165) is 17.8 Å². The van der Waals surface area contributed by atoms with E-state index in [2.05, 4.69) is 28.7 Å². The van der Waals surface area contributed by atoms with E-state index in [1.165, 1.54) is 11.8 Å². The first-order valence-corrected chi connectivity index (χ1v) is 10.6. The summed E-state index contributed by atoms with van der Waals surface area (Å²) in [4.78, 5) is 34.8. The van der Waals surface area contributed by atoms with Gasteiger partial charge in [-0.05, 0) is 29.9 Å². The topological polar surface area (TPSA) is 79.2 Å². The van der Waals surface area contributed by atoms with Crippen LogP contribution in [0, 0.1) is 0 Å². The molecule has 0 radical (unpaired) electrons. The van der Waals surface area contributed by atoms with Crippen molar-refractivity contribution in [2.24, 2.45) is 0 Å². The Labute approximate surface area is 167 Å². The van der Waals surface area contributed by atoms with Gasteiger partial charge in [0, 0.05) is 31.6 Å². The molecule has 0 atom stereocenters. The van der Waals surface area contributed by atoms with Crippen molar-refractivity contribution in [1.82, 2.24) is 14.9 Å². The SMILES string of the molecule is CSc1nc2c(c(=O)[nH]1)CN(Cc1coc3ccc(C(C)C)cc3c1=O)CC2. The first kappa shape index (κ1) is 19.0. The second-order valence-electron chi connectivity index (χ2n) is 7.46. The molecule has 146 valence electrons. The Morgan fingerprint density at radius 2 is 2.14 bits per heavy atom. The molecule has 1 aromatic carbocycles. The summed E-state index contributed by atoms with van der Waals surface area (Å²) < 4.78 is 5.71. The number of hydrogen-bond donors (Lipinski definition) is 1. The number of nitrogens with one attached hydrogen (secondary N) is 1. The second kappa shape index (κ2) is 7.56. The Morgan fingerprint density at radius 3 is 2.89 bits per heavy atom. The number of aromatic nitrogens is 2. The Morgan fingerprint density at radius 1 is 1.32 bits per heavy atom. The van der Waals surface area contributed by atoms with Crippen LogP contribution in [0.2, 0.25) is 0 Å². The van der Waals surface area contributed by atoms with Crippen LogP contribution in [0.1, 0.15) is 42.1 Å². The summed E-state index contributed by atoms with van der Waals surface area (Å²) in [6, 6.07) is 5.79. The van der Waals surface area contributed by atoms with Crippen molar-refractivity contribution in [1.29, 1.82) is 0 Å². The quantitative estimate of drug-likeness (QED) is 0.538. The first-order chi connectivity index (χ1) is 13.5. The lowest BCUT2D eigenvalue weighted by Crippen LogP contribution is -2.36. The van der Waals surface area contributed by atoms with Crippen molar-refractivity contribution in [3.05, 3.63) is 67.4 Å². The number of aromatic amines is 1. The number of rotatable bonds is 4. The molecule has 0 saturated heterocycles. The third-order valence-electron chi connectivity index (χ3n) is 5.25. The van der Waals surface area contributed by atoms with Gasteiger partial charge in [-0.25, -0.2) is 4.98 Å². The van der Waals surface area contributed by atoms with Crippen LogP contribution in [0.4, 0.5) is 0 Å². The molecule has 0 fully saturated rings. The molecule has 4 rings (SSSR count). The summed E-state index contributed by atoms with van der Waals surface area (Å²) >= 11 is 1.43. The molecule has 0 bridgehead atoms. The molecule has 0 aliphatic carbocycles. The van der Waals surface area contributed by atoms with Gasteiger partial charge in [0.25, 0.3) is 5.56 Å². The van der Waals surface area contributed by atoms with Gasteiger partial charge in [0.15, 0.2) is 10.6 Å². The normalized spacial score (nSPS) is 14.6. The number of nitrogens with zero attached hydrogens (tertiary/aromatic N) is 2. The largest absolute Gasteiger partial charge is 0.464 e. The highest BCUT2D eigenvalue weighted by atomic mass is 32.2. The average molecular weight is 398 g/mol. The van der Waals surface area contributed by atoms with E-state index in [0.29, 0.717) is 52.7 Å². The summed E-state index contributed by atoms with van der Waals surface area (Å²) in [5.74, 6) is 0.344. The van der Waals surface area contributed by atoms with E-state index >= 15 is 0 Å². The monoisotopic (exact) mass is 397 g/mol. The van der Waals surface area contributed by atoms with Gasteiger partial charge in [-0.1, -0.05) is 31.7 Å². The standard InChI is InChI=1S/C21H23N3O3S/c1-12(2)13-4-5-18-15(8-13)19(25)14(11-27-18)9-24-7-6-17-16(10-24)20(26)23-21(22-17)28-3/h4-5,8,11-12H,6-7,9-10H2,1-3H3,(H,22,23,26). The highest BCUT2D eigenvalue weighted by Crippen LogP contribution is 2.21. The van der Waals surface area contributed by atoms with E-state index in [1.54, 1.807) is 6.26 Å². The Kier molecular flexibility index (Phi) is 5.12. The first-order valence-electron chi connectivity index (χ1n) is 9.39. The highest BCUT2D eigenvalue weighted by molar-refractivity contribution is 7.98. The lowest BCUT2D eigenvalue weighted by atomic mass is 10.0. The lowest BCUT2D eigenvalue weighted by Gasteiger charge is -2.27. The van der Waals surface area contributed by atoms with Crippen LogP contribution in [-0.4, -0.2) is 27.7 Å². The minimum absolute atomic E-state index is 0.000637. The maximum atomic E-state index is 13.0. The number of H-pyrrole nitrogens is 1. The van der Waals surface area contributed by atoms with E-state index in [4.69, 9.17) is 4.42 Å². The average Bonchev–Trinajstić information content (AvgIpc) is 2.70. The second-order valence-corrected chi connectivity index (χ2v) is 8.26. The predicted molar refractivity (Wildman–Crippen MR) is 111 cm³/mol. The third kappa shape index (κ3) is 3.52. The zero-order chi connectivity index (χ0) is 19.8. The van der Waals surface area contributed by atoms with Gasteiger partial charge >= 0.3 is 0 Å². The van der Waals surface area contributed by atoms with Crippen molar-refractivity contribution in [2.45, 2.75) is 44.4 Å². The molecule has 0 saturated carbocycles. The fourth-order valence-electron chi connectivity index (χ4n) is 3.59. The van der Waals surface area contributed by atoms with Gasteiger partial charge in [0.05, 0.1) is 22.9 Å². The molecule has 1 aliphatic heterocycles. The van der Waals surface area contributed by atoms with Crippen molar-refractivity contribution < 1.29 is 4.42 Å². The molecule has 28 heavy (non-hydrogen) atoms. The highest BCUT2D eigenvalue weighted by Gasteiger charge is 2.22. The van der Waals surface area contributed by atoms with Crippen LogP contribution in [0.15, 0.2) is 43.6 Å². The molecule has 7 heteroatoms. The number of thioether (sulfide) groups is 1. The zero-order valence-corrected chi connectivity index (χ0v) is 17.1. The van der Waals surface area contributed by atoms with Crippen LogP contribution >= 0.6 is 11.8 Å². The van der Waals surface area contributed by atoms with Crippen molar-refractivity contribution in [3.8, 4) is 0 Å². The smallest absolute Gasteiger partial charge is 0.256 e. The van der Waals surface area contributed by atoms with Gasteiger partial charge in [-0.15, -0.1) is 0 Å². The lowest BCUT2D eigenvalue weighted by molar-refractivity contribution is 0.238. The van der Waals surface area contributed by atoms with Crippen LogP contribution < -0.4 is 11.0 Å². The molecule has 0 spiro atoms. The maximum absolute atomic E-state index is 13.0. The Hall–Kier alpha value is -2.38. The third-order valence-corrected chi connectivity index (χ3v) is 5.83. The van der Waals surface area contributed by atoms with Gasteiger partial charge in [0.2, 0.25) is 0 Å². The van der Waals surface area contributed by atoms with Crippen LogP contribution in [0.5, 0.6) is 0 Å². The minimum Gasteiger partial charge on any atom is -0.464 e. The van der Waals surface area contributed by atoms with E-state index < -0.39 is 0 Å². The predicted octanol–water partition coefficient (Wildman–Crippen LogP) is 3.28. The molecule has 0 unspecified atom stereocenters. The van der Waals surface area contributed by atoms with Crippen LogP contribution in [-0.2, 0) is 19.5 Å². The van der Waals surface area contributed by atoms with E-state index in [9.17, 15) is 9.59 Å². The fourth-order valence-corrected chi connectivity index (χ4v) is 3.98. The molecule has 3 aromatic rings. The van der Waals surface area contributed by atoms with Crippen molar-refractivity contribution in [3.63, 3.8) is 0 Å². The summed E-state index contributed by atoms with van der Waals surface area (Å²) in [6.07, 6.45) is 4.14. The Balaban J connectivity index is 1.63. The zero-order valence-electron chi connectivity index (χ0n) is 16.2. The van der Waals surface area contributed by atoms with Crippen LogP contribution in [0.3, 0.4) is 0 Å². The Bertz CT molecular complexity index is 1150. The number of hydrogen-bond acceptors (Lipinski definition) is 6. The van der Waals surface area contributed by atoms with Crippen molar-refractivity contribution in [2.75, 3.05) is 12.8 Å². The molecule has 3 heterocycles. The van der Waals surface area contributed by atoms with Gasteiger partial charge < -0.3 is 9.40 Å². The summed E-state index contributed by atoms with van der Waals surface area (Å²) in [5.41, 5.74) is 3.79. The van der Waals surface area contributed by atoms with E-state index in [-0.39, 0.29) is 11.0 Å². The fraction of sp³-hybridized carbons (Fsp3) is 0.381. The summed E-state index contributed by atoms with van der Waals surface area (Å²) in [6.45, 7) is 5.89.